The first-order valence-corrected chi connectivity index (χ1v) is 11.0. The Morgan fingerprint density at radius 1 is 1.16 bits per heavy atom. The highest BCUT2D eigenvalue weighted by Crippen LogP contribution is 2.21. The van der Waals surface area contributed by atoms with E-state index in [0.717, 1.165) is 51.6 Å². The third-order valence-electron chi connectivity index (χ3n) is 5.13. The van der Waals surface area contributed by atoms with Crippen LogP contribution in [0.15, 0.2) is 4.99 Å². The number of guanidine groups is 1. The molecule has 3 aliphatic heterocycles. The average Bonchev–Trinajstić information content (AvgIpc) is 3.15. The van der Waals surface area contributed by atoms with Crippen molar-refractivity contribution >= 4 is 15.8 Å². The van der Waals surface area contributed by atoms with Gasteiger partial charge in [-0.15, -0.1) is 0 Å². The SMILES string of the molecule is CN=C(NCCN1CCS(=O)(=O)CC1)N1CCOC(C2CCCO2)C1. The monoisotopic (exact) mass is 374 g/mol. The minimum absolute atomic E-state index is 0.113. The summed E-state index contributed by atoms with van der Waals surface area (Å²) in [6.45, 7) is 5.99. The van der Waals surface area contributed by atoms with Gasteiger partial charge < -0.3 is 19.7 Å². The number of rotatable bonds is 4. The molecular formula is C16H30N4O4S. The molecular weight excluding hydrogens is 344 g/mol. The Morgan fingerprint density at radius 2 is 1.92 bits per heavy atom. The molecule has 144 valence electrons. The molecule has 0 amide bonds. The van der Waals surface area contributed by atoms with E-state index in [9.17, 15) is 8.42 Å². The van der Waals surface area contributed by atoms with E-state index in [2.05, 4.69) is 20.1 Å². The molecule has 3 aliphatic rings. The number of nitrogens with one attached hydrogen (secondary N) is 1. The second-order valence-corrected chi connectivity index (χ2v) is 9.18. The number of sulfone groups is 1. The minimum atomic E-state index is -2.81. The summed E-state index contributed by atoms with van der Waals surface area (Å²) in [4.78, 5) is 8.82. The predicted molar refractivity (Wildman–Crippen MR) is 96.7 cm³/mol. The van der Waals surface area contributed by atoms with Crippen LogP contribution in [0.2, 0.25) is 0 Å². The summed E-state index contributed by atoms with van der Waals surface area (Å²) in [5.41, 5.74) is 0. The predicted octanol–water partition coefficient (Wildman–Crippen LogP) is -0.828. The van der Waals surface area contributed by atoms with E-state index >= 15 is 0 Å². The Morgan fingerprint density at radius 3 is 2.60 bits per heavy atom. The Hall–Kier alpha value is -0.900. The van der Waals surface area contributed by atoms with Gasteiger partial charge in [-0.3, -0.25) is 9.89 Å². The van der Waals surface area contributed by atoms with Gasteiger partial charge in [0.25, 0.3) is 0 Å². The Balaban J connectivity index is 1.42. The molecule has 3 rings (SSSR count). The van der Waals surface area contributed by atoms with Crippen LogP contribution in [-0.2, 0) is 19.3 Å². The maximum atomic E-state index is 11.5. The van der Waals surface area contributed by atoms with Crippen LogP contribution in [0, 0.1) is 0 Å². The molecule has 3 fully saturated rings. The van der Waals surface area contributed by atoms with Gasteiger partial charge in [0.15, 0.2) is 15.8 Å². The van der Waals surface area contributed by atoms with Crippen molar-refractivity contribution in [1.82, 2.24) is 15.1 Å². The van der Waals surface area contributed by atoms with Gasteiger partial charge in [0.1, 0.15) is 6.10 Å². The minimum Gasteiger partial charge on any atom is -0.375 e. The number of hydrogen-bond donors (Lipinski definition) is 1. The lowest BCUT2D eigenvalue weighted by atomic mass is 10.1. The normalized spacial score (nSPS) is 31.2. The first-order valence-electron chi connectivity index (χ1n) is 9.19. The average molecular weight is 375 g/mol. The van der Waals surface area contributed by atoms with E-state index in [1.54, 1.807) is 7.05 Å². The highest BCUT2D eigenvalue weighted by Gasteiger charge is 2.32. The third-order valence-corrected chi connectivity index (χ3v) is 6.74. The molecule has 0 saturated carbocycles. The van der Waals surface area contributed by atoms with E-state index < -0.39 is 9.84 Å². The number of aliphatic imine (C=N–C) groups is 1. The molecule has 9 heteroatoms. The Labute approximate surface area is 150 Å². The van der Waals surface area contributed by atoms with Crippen molar-refractivity contribution in [1.29, 1.82) is 0 Å². The van der Waals surface area contributed by atoms with E-state index in [0.29, 0.717) is 19.7 Å². The summed E-state index contributed by atoms with van der Waals surface area (Å²) in [6.07, 6.45) is 2.50. The van der Waals surface area contributed by atoms with E-state index in [4.69, 9.17) is 9.47 Å². The Kier molecular flexibility index (Phi) is 6.54. The highest BCUT2D eigenvalue weighted by atomic mass is 32.2. The zero-order valence-electron chi connectivity index (χ0n) is 15.0. The topological polar surface area (TPSA) is 83.5 Å². The van der Waals surface area contributed by atoms with Gasteiger partial charge in [-0.05, 0) is 12.8 Å². The summed E-state index contributed by atoms with van der Waals surface area (Å²) >= 11 is 0. The van der Waals surface area contributed by atoms with Crippen LogP contribution in [0.3, 0.4) is 0 Å². The van der Waals surface area contributed by atoms with Gasteiger partial charge in [-0.1, -0.05) is 0 Å². The lowest BCUT2D eigenvalue weighted by Crippen LogP contribution is -2.54. The quantitative estimate of drug-likeness (QED) is 0.508. The van der Waals surface area contributed by atoms with Gasteiger partial charge in [0.2, 0.25) is 0 Å². The smallest absolute Gasteiger partial charge is 0.193 e. The van der Waals surface area contributed by atoms with Crippen LogP contribution < -0.4 is 5.32 Å². The molecule has 25 heavy (non-hydrogen) atoms. The highest BCUT2D eigenvalue weighted by molar-refractivity contribution is 7.91. The van der Waals surface area contributed by atoms with Gasteiger partial charge >= 0.3 is 0 Å². The van der Waals surface area contributed by atoms with E-state index in [1.807, 2.05) is 0 Å². The number of hydrogen-bond acceptors (Lipinski definition) is 6. The summed E-state index contributed by atoms with van der Waals surface area (Å²) in [6, 6.07) is 0. The summed E-state index contributed by atoms with van der Waals surface area (Å²) in [7, 11) is -1.01. The number of nitrogens with zero attached hydrogens (tertiary/aromatic N) is 3. The van der Waals surface area contributed by atoms with Crippen molar-refractivity contribution in [2.45, 2.75) is 25.0 Å². The van der Waals surface area contributed by atoms with Crippen LogP contribution >= 0.6 is 0 Å². The van der Waals surface area contributed by atoms with Crippen molar-refractivity contribution in [3.8, 4) is 0 Å². The van der Waals surface area contributed by atoms with Crippen molar-refractivity contribution < 1.29 is 17.9 Å². The van der Waals surface area contributed by atoms with Crippen molar-refractivity contribution in [2.24, 2.45) is 4.99 Å². The second kappa shape index (κ2) is 8.66. The Bertz CT molecular complexity index is 548. The zero-order valence-corrected chi connectivity index (χ0v) is 15.8. The largest absolute Gasteiger partial charge is 0.375 e. The molecule has 0 spiro atoms. The van der Waals surface area contributed by atoms with Crippen molar-refractivity contribution in [2.75, 3.05) is 71.0 Å². The molecule has 1 N–H and O–H groups in total. The fraction of sp³-hybridized carbons (Fsp3) is 0.938. The van der Waals surface area contributed by atoms with Crippen LogP contribution in [0.25, 0.3) is 0 Å². The lowest BCUT2D eigenvalue weighted by Gasteiger charge is -2.37. The molecule has 8 nitrogen and oxygen atoms in total. The van der Waals surface area contributed by atoms with E-state index in [-0.39, 0.29) is 23.7 Å². The standard InChI is InChI=1S/C16H30N4O4S/c1-17-16(18-4-5-19-7-11-25(21,22)12-8-19)20-6-10-24-15(13-20)14-3-2-9-23-14/h14-15H,2-13H2,1H3,(H,17,18). The summed E-state index contributed by atoms with van der Waals surface area (Å²) in [5.74, 6) is 1.43. The maximum absolute atomic E-state index is 11.5. The molecule has 3 saturated heterocycles. The van der Waals surface area contributed by atoms with Gasteiger partial charge in [-0.25, -0.2) is 8.42 Å². The first kappa shape index (κ1) is 18.9. The third kappa shape index (κ3) is 5.29. The fourth-order valence-corrected chi connectivity index (χ4v) is 4.90. The van der Waals surface area contributed by atoms with Gasteiger partial charge in [0.05, 0.1) is 24.2 Å². The van der Waals surface area contributed by atoms with Crippen LogP contribution in [0.5, 0.6) is 0 Å². The zero-order chi connectivity index (χ0) is 17.7. The van der Waals surface area contributed by atoms with Gasteiger partial charge in [-0.2, -0.15) is 0 Å². The molecule has 3 heterocycles. The van der Waals surface area contributed by atoms with Crippen LogP contribution in [0.4, 0.5) is 0 Å². The van der Waals surface area contributed by atoms with Crippen LogP contribution in [0.1, 0.15) is 12.8 Å². The summed E-state index contributed by atoms with van der Waals surface area (Å²) in [5, 5.41) is 3.41. The molecule has 0 radical (unpaired) electrons. The number of ether oxygens (including phenoxy) is 2. The van der Waals surface area contributed by atoms with Crippen LogP contribution in [-0.4, -0.2) is 107 Å². The maximum Gasteiger partial charge on any atom is 0.193 e. The molecule has 2 atom stereocenters. The molecule has 0 bridgehead atoms. The van der Waals surface area contributed by atoms with E-state index in [1.165, 1.54) is 0 Å². The first-order chi connectivity index (χ1) is 12.1. The molecule has 2 unspecified atom stereocenters. The van der Waals surface area contributed by atoms with Crippen molar-refractivity contribution in [3.05, 3.63) is 0 Å². The molecule has 0 aromatic carbocycles. The summed E-state index contributed by atoms with van der Waals surface area (Å²) < 4.78 is 34.6. The molecule has 0 aromatic heterocycles. The fourth-order valence-electron chi connectivity index (χ4n) is 3.62. The lowest BCUT2D eigenvalue weighted by molar-refractivity contribution is -0.0817. The van der Waals surface area contributed by atoms with Gasteiger partial charge in [0, 0.05) is 52.9 Å². The molecule has 0 aromatic rings. The van der Waals surface area contributed by atoms with Crippen molar-refractivity contribution in [3.63, 3.8) is 0 Å². The second-order valence-electron chi connectivity index (χ2n) is 6.87. The molecule has 0 aliphatic carbocycles. The number of morpholine rings is 1.